The minimum atomic E-state index is -0.984. The Morgan fingerprint density at radius 2 is 1.61 bits per heavy atom. The maximum absolute atomic E-state index is 13.6. The van der Waals surface area contributed by atoms with Gasteiger partial charge in [-0.25, -0.2) is 0 Å². The van der Waals surface area contributed by atoms with Gasteiger partial charge < -0.3 is 24.1 Å². The minimum Gasteiger partial charge on any atom is -0.507 e. The van der Waals surface area contributed by atoms with Crippen LogP contribution in [0.1, 0.15) is 35.2 Å². The van der Waals surface area contributed by atoms with Crippen LogP contribution in [0.5, 0.6) is 23.0 Å². The van der Waals surface area contributed by atoms with E-state index in [-0.39, 0.29) is 11.3 Å². The molecule has 38 heavy (non-hydrogen) atoms. The molecular weight excluding hydrogens is 486 g/mol. The number of aliphatic hydroxyl groups is 1. The number of benzene rings is 3. The molecule has 198 valence electrons. The van der Waals surface area contributed by atoms with Crippen LogP contribution in [0, 0.1) is 13.8 Å². The van der Waals surface area contributed by atoms with Crippen LogP contribution in [0.4, 0.5) is 5.69 Å². The molecule has 0 saturated carbocycles. The fourth-order valence-corrected chi connectivity index (χ4v) is 4.90. The Morgan fingerprint density at radius 1 is 0.895 bits per heavy atom. The van der Waals surface area contributed by atoms with Crippen molar-refractivity contribution in [2.75, 3.05) is 32.8 Å². The lowest BCUT2D eigenvalue weighted by Crippen LogP contribution is -2.29. The number of hydrogen-bond acceptors (Lipinski definition) is 7. The van der Waals surface area contributed by atoms with E-state index in [1.807, 2.05) is 26.8 Å². The molecular formula is C30H31NO7. The van der Waals surface area contributed by atoms with Gasteiger partial charge in [-0.15, -0.1) is 0 Å². The molecule has 1 atom stereocenters. The van der Waals surface area contributed by atoms with Crippen molar-refractivity contribution in [2.45, 2.75) is 26.8 Å². The predicted octanol–water partition coefficient (Wildman–Crippen LogP) is 5.35. The van der Waals surface area contributed by atoms with Crippen molar-refractivity contribution in [3.63, 3.8) is 0 Å². The number of Topliss-reactive ketones (excluding diaryl/α,β-unsaturated/α-hetero) is 1. The summed E-state index contributed by atoms with van der Waals surface area (Å²) in [7, 11) is 4.52. The molecule has 1 saturated heterocycles. The lowest BCUT2D eigenvalue weighted by atomic mass is 9.93. The van der Waals surface area contributed by atoms with Gasteiger partial charge in [0.1, 0.15) is 17.3 Å². The molecule has 1 N–H and O–H groups in total. The second-order valence-electron chi connectivity index (χ2n) is 8.85. The summed E-state index contributed by atoms with van der Waals surface area (Å²) in [5.74, 6) is -0.181. The number of ketones is 1. The number of anilines is 1. The molecule has 3 aromatic carbocycles. The van der Waals surface area contributed by atoms with Gasteiger partial charge in [-0.3, -0.25) is 14.5 Å². The number of para-hydroxylation sites is 2. The number of carbonyl (C=O) groups excluding carboxylic acids is 2. The third-order valence-corrected chi connectivity index (χ3v) is 6.47. The van der Waals surface area contributed by atoms with E-state index in [9.17, 15) is 14.7 Å². The van der Waals surface area contributed by atoms with Crippen LogP contribution in [-0.4, -0.2) is 44.7 Å². The molecule has 8 heteroatoms. The summed E-state index contributed by atoms with van der Waals surface area (Å²) < 4.78 is 22.3. The van der Waals surface area contributed by atoms with Gasteiger partial charge in [-0.2, -0.15) is 0 Å². The van der Waals surface area contributed by atoms with Crippen molar-refractivity contribution in [3.8, 4) is 23.0 Å². The number of amides is 1. The molecule has 3 aromatic rings. The zero-order chi connectivity index (χ0) is 27.6. The van der Waals surface area contributed by atoms with Crippen LogP contribution in [0.25, 0.3) is 5.76 Å². The fraction of sp³-hybridized carbons (Fsp3) is 0.267. The summed E-state index contributed by atoms with van der Waals surface area (Å²) in [5.41, 5.74) is 2.84. The van der Waals surface area contributed by atoms with E-state index < -0.39 is 17.7 Å². The number of nitrogens with zero attached hydrogens (tertiary/aromatic N) is 1. The van der Waals surface area contributed by atoms with E-state index in [0.29, 0.717) is 46.4 Å². The van der Waals surface area contributed by atoms with Gasteiger partial charge >= 0.3 is 0 Å². The largest absolute Gasteiger partial charge is 0.507 e. The maximum Gasteiger partial charge on any atom is 0.300 e. The molecule has 8 nitrogen and oxygen atoms in total. The van der Waals surface area contributed by atoms with E-state index in [4.69, 9.17) is 18.9 Å². The summed E-state index contributed by atoms with van der Waals surface area (Å²) in [6, 6.07) is 14.8. The number of ether oxygens (including phenoxy) is 4. The van der Waals surface area contributed by atoms with Crippen molar-refractivity contribution >= 4 is 23.1 Å². The van der Waals surface area contributed by atoms with Crippen molar-refractivity contribution in [3.05, 3.63) is 82.4 Å². The molecule has 1 aliphatic heterocycles. The molecule has 1 heterocycles. The normalized spacial score (nSPS) is 16.5. The van der Waals surface area contributed by atoms with E-state index in [0.717, 1.165) is 11.1 Å². The lowest BCUT2D eigenvalue weighted by Gasteiger charge is -2.27. The summed E-state index contributed by atoms with van der Waals surface area (Å²) in [4.78, 5) is 28.6. The molecule has 0 bridgehead atoms. The highest BCUT2D eigenvalue weighted by Crippen LogP contribution is 2.47. The van der Waals surface area contributed by atoms with Gasteiger partial charge in [0.2, 0.25) is 0 Å². The maximum atomic E-state index is 13.6. The summed E-state index contributed by atoms with van der Waals surface area (Å²) in [6.45, 7) is 5.96. The fourth-order valence-electron chi connectivity index (χ4n) is 4.90. The van der Waals surface area contributed by atoms with Crippen molar-refractivity contribution in [1.29, 1.82) is 0 Å². The topological polar surface area (TPSA) is 94.5 Å². The molecule has 4 rings (SSSR count). The standard InChI is InChI=1S/C30H31NO7/c1-7-38-24-16-19(12-13-23(24)36-5)26-25(27(32)20-15-17(2)14-18(3)29(20)37-6)28(33)30(34)31(26)21-10-8-9-11-22(21)35-4/h8-16,26,32H,7H2,1-6H3/b27-25+. The van der Waals surface area contributed by atoms with Gasteiger partial charge in [0.15, 0.2) is 11.5 Å². The predicted molar refractivity (Wildman–Crippen MR) is 144 cm³/mol. The molecule has 0 spiro atoms. The Morgan fingerprint density at radius 3 is 2.26 bits per heavy atom. The minimum absolute atomic E-state index is 0.0724. The molecule has 0 aliphatic carbocycles. The monoisotopic (exact) mass is 517 g/mol. The molecule has 0 aromatic heterocycles. The Balaban J connectivity index is 2.05. The van der Waals surface area contributed by atoms with E-state index in [1.54, 1.807) is 48.5 Å². The average molecular weight is 518 g/mol. The number of aryl methyl sites for hydroxylation is 2. The lowest BCUT2D eigenvalue weighted by molar-refractivity contribution is -0.132. The molecule has 0 radical (unpaired) electrons. The number of hydrogen-bond donors (Lipinski definition) is 1. The van der Waals surface area contributed by atoms with Gasteiger partial charge in [-0.1, -0.05) is 24.3 Å². The Bertz CT molecular complexity index is 1430. The van der Waals surface area contributed by atoms with E-state index >= 15 is 0 Å². The van der Waals surface area contributed by atoms with E-state index in [1.165, 1.54) is 26.2 Å². The Kier molecular flexibility index (Phi) is 7.62. The molecule has 1 fully saturated rings. The first-order valence-electron chi connectivity index (χ1n) is 12.2. The van der Waals surface area contributed by atoms with Gasteiger partial charge in [0.25, 0.3) is 11.7 Å². The van der Waals surface area contributed by atoms with Crippen LogP contribution in [0.2, 0.25) is 0 Å². The van der Waals surface area contributed by atoms with Crippen molar-refractivity contribution in [1.82, 2.24) is 0 Å². The summed E-state index contributed by atoms with van der Waals surface area (Å²) in [6.07, 6.45) is 0. The quantitative estimate of drug-likeness (QED) is 0.244. The second-order valence-corrected chi connectivity index (χ2v) is 8.85. The second kappa shape index (κ2) is 10.9. The number of carbonyl (C=O) groups is 2. The first kappa shape index (κ1) is 26.6. The van der Waals surface area contributed by atoms with Crippen LogP contribution < -0.4 is 23.8 Å². The Labute approximate surface area is 222 Å². The zero-order valence-electron chi connectivity index (χ0n) is 22.3. The average Bonchev–Trinajstić information content (AvgIpc) is 3.17. The van der Waals surface area contributed by atoms with Crippen LogP contribution in [-0.2, 0) is 9.59 Å². The number of methoxy groups -OCH3 is 3. The molecule has 1 aliphatic rings. The highest BCUT2D eigenvalue weighted by Gasteiger charge is 2.48. The van der Waals surface area contributed by atoms with Crippen LogP contribution in [0.15, 0.2) is 60.2 Å². The first-order chi connectivity index (χ1) is 18.3. The highest BCUT2D eigenvalue weighted by atomic mass is 16.5. The molecule has 1 unspecified atom stereocenters. The summed E-state index contributed by atoms with van der Waals surface area (Å²) >= 11 is 0. The SMILES string of the molecule is CCOc1cc(C2/C(=C(\O)c3cc(C)cc(C)c3OC)C(=O)C(=O)N2c2ccccc2OC)ccc1OC. The van der Waals surface area contributed by atoms with E-state index in [2.05, 4.69) is 0 Å². The van der Waals surface area contributed by atoms with Crippen molar-refractivity contribution in [2.24, 2.45) is 0 Å². The van der Waals surface area contributed by atoms with Crippen molar-refractivity contribution < 1.29 is 33.6 Å². The summed E-state index contributed by atoms with van der Waals surface area (Å²) in [5, 5.41) is 11.7. The van der Waals surface area contributed by atoms with Crippen LogP contribution >= 0.6 is 0 Å². The smallest absolute Gasteiger partial charge is 0.300 e. The Hall–Kier alpha value is -4.46. The number of aliphatic hydroxyl groups excluding tert-OH is 1. The van der Waals surface area contributed by atoms with Crippen LogP contribution in [0.3, 0.4) is 0 Å². The van der Waals surface area contributed by atoms with Gasteiger partial charge in [-0.05, 0) is 67.8 Å². The zero-order valence-corrected chi connectivity index (χ0v) is 22.3. The first-order valence-corrected chi connectivity index (χ1v) is 12.2. The highest BCUT2D eigenvalue weighted by molar-refractivity contribution is 6.52. The third kappa shape index (κ3) is 4.53. The number of rotatable bonds is 8. The molecule has 1 amide bonds. The van der Waals surface area contributed by atoms with Gasteiger partial charge in [0, 0.05) is 0 Å². The third-order valence-electron chi connectivity index (χ3n) is 6.47. The van der Waals surface area contributed by atoms with Gasteiger partial charge in [0.05, 0.1) is 50.8 Å².